The molecule has 1 aliphatic rings. The quantitative estimate of drug-likeness (QED) is 0.850. The van der Waals surface area contributed by atoms with E-state index in [9.17, 15) is 4.79 Å². The minimum absolute atomic E-state index is 0.0192. The van der Waals surface area contributed by atoms with Crippen molar-refractivity contribution in [2.45, 2.75) is 12.8 Å². The van der Waals surface area contributed by atoms with Crippen LogP contribution in [0.5, 0.6) is 5.88 Å². The number of carbonyl (C=O) groups excluding carboxylic acids is 1. The largest absolute Gasteiger partial charge is 0.481 e. The van der Waals surface area contributed by atoms with Gasteiger partial charge in [0.15, 0.2) is 5.13 Å². The molecule has 23 heavy (non-hydrogen) atoms. The molecule has 2 aromatic heterocycles. The van der Waals surface area contributed by atoms with E-state index in [0.29, 0.717) is 11.8 Å². The molecule has 7 nitrogen and oxygen atoms in total. The lowest BCUT2D eigenvalue weighted by Gasteiger charge is -2.32. The van der Waals surface area contributed by atoms with E-state index >= 15 is 0 Å². The van der Waals surface area contributed by atoms with Crippen molar-refractivity contribution in [3.63, 3.8) is 0 Å². The highest BCUT2D eigenvalue weighted by atomic mass is 32.1. The fourth-order valence-corrected chi connectivity index (χ4v) is 3.29. The Balaban J connectivity index is 1.60. The number of amides is 1. The molecule has 3 heterocycles. The molecule has 2 aromatic rings. The number of methoxy groups -OCH3 is 1. The second-order valence-electron chi connectivity index (χ2n) is 5.37. The Labute approximate surface area is 138 Å². The smallest absolute Gasteiger partial charge is 0.231 e. The zero-order chi connectivity index (χ0) is 16.2. The van der Waals surface area contributed by atoms with Crippen LogP contribution in [0.3, 0.4) is 0 Å². The van der Waals surface area contributed by atoms with Crippen LogP contribution in [-0.4, -0.2) is 48.1 Å². The second kappa shape index (κ2) is 6.91. The van der Waals surface area contributed by atoms with Crippen molar-refractivity contribution in [3.05, 3.63) is 23.8 Å². The number of rotatable bonds is 4. The van der Waals surface area contributed by atoms with Crippen molar-refractivity contribution in [2.24, 2.45) is 5.92 Å². The summed E-state index contributed by atoms with van der Waals surface area (Å²) in [6.07, 6.45) is 4.98. The third-order valence-corrected chi connectivity index (χ3v) is 4.84. The average Bonchev–Trinajstić information content (AvgIpc) is 3.15. The first-order chi connectivity index (χ1) is 11.2. The number of hydrogen-bond donors (Lipinski definition) is 0. The van der Waals surface area contributed by atoms with E-state index in [1.165, 1.54) is 11.3 Å². The summed E-state index contributed by atoms with van der Waals surface area (Å²) < 4.78 is 5.13. The summed E-state index contributed by atoms with van der Waals surface area (Å²) in [4.78, 5) is 29.1. The number of carbonyl (C=O) groups is 1. The van der Waals surface area contributed by atoms with Crippen LogP contribution in [-0.2, 0) is 4.79 Å². The summed E-state index contributed by atoms with van der Waals surface area (Å²) in [5, 5.41) is 2.62. The van der Waals surface area contributed by atoms with E-state index in [1.54, 1.807) is 37.5 Å². The lowest BCUT2D eigenvalue weighted by atomic mass is 9.96. The van der Waals surface area contributed by atoms with Crippen molar-refractivity contribution < 1.29 is 9.53 Å². The number of nitrogens with zero attached hydrogens (tertiary/aromatic N) is 5. The number of aromatic nitrogens is 3. The molecule has 8 heteroatoms. The molecule has 3 rings (SSSR count). The van der Waals surface area contributed by atoms with Gasteiger partial charge in [0.2, 0.25) is 17.7 Å². The van der Waals surface area contributed by atoms with Gasteiger partial charge < -0.3 is 9.64 Å². The predicted octanol–water partition coefficient (Wildman–Crippen LogP) is 1.82. The van der Waals surface area contributed by atoms with Crippen molar-refractivity contribution in [1.82, 2.24) is 15.0 Å². The van der Waals surface area contributed by atoms with Crippen LogP contribution >= 0.6 is 11.3 Å². The lowest BCUT2D eigenvalue weighted by molar-refractivity contribution is -0.122. The van der Waals surface area contributed by atoms with Gasteiger partial charge >= 0.3 is 0 Å². The number of hydrogen-bond acceptors (Lipinski definition) is 7. The van der Waals surface area contributed by atoms with Gasteiger partial charge in [-0.3, -0.25) is 9.69 Å². The van der Waals surface area contributed by atoms with E-state index in [-0.39, 0.29) is 11.8 Å². The van der Waals surface area contributed by atoms with E-state index in [2.05, 4.69) is 19.9 Å². The molecule has 0 saturated carbocycles. The first-order valence-corrected chi connectivity index (χ1v) is 8.36. The van der Waals surface area contributed by atoms with Gasteiger partial charge in [-0.25, -0.2) is 9.97 Å². The lowest BCUT2D eigenvalue weighted by Crippen LogP contribution is -2.41. The molecule has 0 radical (unpaired) electrons. The Kier molecular flexibility index (Phi) is 4.71. The molecule has 122 valence electrons. The van der Waals surface area contributed by atoms with Crippen LogP contribution in [0.2, 0.25) is 0 Å². The number of anilines is 2. The van der Waals surface area contributed by atoms with Crippen molar-refractivity contribution >= 4 is 28.3 Å². The zero-order valence-electron chi connectivity index (χ0n) is 13.2. The molecule has 1 fully saturated rings. The highest BCUT2D eigenvalue weighted by molar-refractivity contribution is 7.13. The summed E-state index contributed by atoms with van der Waals surface area (Å²) >= 11 is 1.47. The standard InChI is InChI=1S/C15H19N5O2S/c1-19(15-17-7-10-23-15)13(21)11-4-8-20(9-5-11)14-16-6-3-12(18-14)22-2/h3,6-7,10-11H,4-5,8-9H2,1-2H3. The van der Waals surface area contributed by atoms with E-state index in [1.807, 2.05) is 5.38 Å². The minimum atomic E-state index is 0.0192. The van der Waals surface area contributed by atoms with Crippen LogP contribution in [0.4, 0.5) is 11.1 Å². The fraction of sp³-hybridized carbons (Fsp3) is 0.467. The van der Waals surface area contributed by atoms with Gasteiger partial charge in [0.1, 0.15) is 0 Å². The van der Waals surface area contributed by atoms with E-state index in [0.717, 1.165) is 31.1 Å². The molecular formula is C15H19N5O2S. The molecule has 1 aliphatic heterocycles. The normalized spacial score (nSPS) is 15.5. The zero-order valence-corrected chi connectivity index (χ0v) is 14.0. The molecule has 0 N–H and O–H groups in total. The van der Waals surface area contributed by atoms with Crippen LogP contribution < -0.4 is 14.5 Å². The van der Waals surface area contributed by atoms with Gasteiger partial charge in [-0.1, -0.05) is 0 Å². The molecule has 0 atom stereocenters. The monoisotopic (exact) mass is 333 g/mol. The molecule has 1 saturated heterocycles. The molecular weight excluding hydrogens is 314 g/mol. The molecule has 0 aliphatic carbocycles. The second-order valence-corrected chi connectivity index (χ2v) is 6.25. The molecule has 1 amide bonds. The maximum absolute atomic E-state index is 12.6. The number of ether oxygens (including phenoxy) is 1. The van der Waals surface area contributed by atoms with Gasteiger partial charge in [0.05, 0.1) is 7.11 Å². The molecule has 0 aromatic carbocycles. The van der Waals surface area contributed by atoms with Crippen molar-refractivity contribution in [3.8, 4) is 5.88 Å². The molecule has 0 unspecified atom stereocenters. The van der Waals surface area contributed by atoms with Crippen LogP contribution in [0, 0.1) is 5.92 Å². The predicted molar refractivity (Wildman–Crippen MR) is 89.0 cm³/mol. The van der Waals surface area contributed by atoms with Crippen LogP contribution in [0.15, 0.2) is 23.8 Å². The maximum Gasteiger partial charge on any atom is 0.231 e. The Morgan fingerprint density at radius 3 is 2.78 bits per heavy atom. The topological polar surface area (TPSA) is 71.5 Å². The molecule has 0 bridgehead atoms. The maximum atomic E-state index is 12.6. The Bertz CT molecular complexity index is 656. The van der Waals surface area contributed by atoms with Crippen molar-refractivity contribution in [2.75, 3.05) is 37.0 Å². The van der Waals surface area contributed by atoms with Crippen LogP contribution in [0.1, 0.15) is 12.8 Å². The van der Waals surface area contributed by atoms with Gasteiger partial charge in [-0.15, -0.1) is 11.3 Å². The number of thiazole rings is 1. The summed E-state index contributed by atoms with van der Waals surface area (Å²) in [5.41, 5.74) is 0. The Morgan fingerprint density at radius 1 is 1.35 bits per heavy atom. The van der Waals surface area contributed by atoms with Gasteiger partial charge in [-0.05, 0) is 12.8 Å². The highest BCUT2D eigenvalue weighted by Gasteiger charge is 2.29. The minimum Gasteiger partial charge on any atom is -0.481 e. The summed E-state index contributed by atoms with van der Waals surface area (Å²) in [7, 11) is 3.38. The highest BCUT2D eigenvalue weighted by Crippen LogP contribution is 2.25. The summed E-state index contributed by atoms with van der Waals surface area (Å²) in [6.45, 7) is 1.52. The summed E-state index contributed by atoms with van der Waals surface area (Å²) in [6, 6.07) is 1.72. The van der Waals surface area contributed by atoms with E-state index in [4.69, 9.17) is 4.74 Å². The summed E-state index contributed by atoms with van der Waals surface area (Å²) in [5.74, 6) is 1.36. The Morgan fingerprint density at radius 2 is 2.13 bits per heavy atom. The SMILES string of the molecule is COc1ccnc(N2CCC(C(=O)N(C)c3nccs3)CC2)n1. The fourth-order valence-electron chi connectivity index (χ4n) is 2.67. The van der Waals surface area contributed by atoms with Gasteiger partial charge in [0, 0.05) is 49.9 Å². The number of piperidine rings is 1. The first kappa shape index (κ1) is 15.7. The first-order valence-electron chi connectivity index (χ1n) is 7.48. The van der Waals surface area contributed by atoms with Gasteiger partial charge in [-0.2, -0.15) is 4.98 Å². The van der Waals surface area contributed by atoms with Gasteiger partial charge in [0.25, 0.3) is 0 Å². The average molecular weight is 333 g/mol. The third kappa shape index (κ3) is 3.42. The third-order valence-electron chi connectivity index (χ3n) is 3.99. The van der Waals surface area contributed by atoms with Crippen molar-refractivity contribution in [1.29, 1.82) is 0 Å². The Hall–Kier alpha value is -2.22. The van der Waals surface area contributed by atoms with E-state index < -0.39 is 0 Å². The van der Waals surface area contributed by atoms with Crippen LogP contribution in [0.25, 0.3) is 0 Å². The molecule has 0 spiro atoms.